The summed E-state index contributed by atoms with van der Waals surface area (Å²) in [6.07, 6.45) is -19.7. The van der Waals surface area contributed by atoms with Crippen molar-refractivity contribution >= 4 is 34.2 Å². The zero-order chi connectivity index (χ0) is 15.2. The number of rotatable bonds is 3. The summed E-state index contributed by atoms with van der Waals surface area (Å²) in [5, 5.41) is 0. The fourth-order valence-electron chi connectivity index (χ4n) is 0.511. The zero-order valence-corrected chi connectivity index (χ0v) is 10.4. The van der Waals surface area contributed by atoms with Crippen LogP contribution in [0.25, 0.3) is 0 Å². The van der Waals surface area contributed by atoms with Crippen LogP contribution in [0.15, 0.2) is 0 Å². The summed E-state index contributed by atoms with van der Waals surface area (Å²) in [7, 11) is 0. The lowest BCUT2D eigenvalue weighted by molar-refractivity contribution is -0.484. The zero-order valence-electron chi connectivity index (χ0n) is 7.44. The Kier molecular flexibility index (Phi) is 4.75. The molecule has 1 atom stereocenters. The Morgan fingerprint density at radius 1 is 0.722 bits per heavy atom. The van der Waals surface area contributed by atoms with Gasteiger partial charge in [-0.3, -0.25) is 4.74 Å². The van der Waals surface area contributed by atoms with Gasteiger partial charge in [0.25, 0.3) is 0 Å². The van der Waals surface area contributed by atoms with Gasteiger partial charge in [0.15, 0.2) is 0 Å². The molecular formula is C5ClF10IO. The van der Waals surface area contributed by atoms with E-state index in [0.29, 0.717) is 0 Å². The summed E-state index contributed by atoms with van der Waals surface area (Å²) >= 11 is 4.11. The maximum Gasteiger partial charge on any atom is 0.458 e. The van der Waals surface area contributed by atoms with Crippen LogP contribution in [0, 0.1) is 0 Å². The van der Waals surface area contributed by atoms with Crippen molar-refractivity contribution in [2.45, 2.75) is 27.5 Å². The van der Waals surface area contributed by atoms with Gasteiger partial charge in [0.1, 0.15) is 0 Å². The highest BCUT2D eigenvalue weighted by Crippen LogP contribution is 2.53. The quantitative estimate of drug-likeness (QED) is 0.360. The average Bonchev–Trinajstić information content (AvgIpc) is 1.95. The maximum absolute atomic E-state index is 12.7. The molecule has 18 heavy (non-hydrogen) atoms. The SMILES string of the molecule is FC(F)(F)C(F)(OC(F)(F)[C@](F)(Cl)I)C(F)(F)F. The van der Waals surface area contributed by atoms with Crippen LogP contribution >= 0.6 is 34.2 Å². The number of ether oxygens (including phenoxy) is 1. The van der Waals surface area contributed by atoms with Crippen molar-refractivity contribution in [2.75, 3.05) is 0 Å². The highest BCUT2D eigenvalue weighted by Gasteiger charge is 2.79. The summed E-state index contributed by atoms with van der Waals surface area (Å²) < 4.78 is 118. The van der Waals surface area contributed by atoms with E-state index >= 15 is 0 Å². The summed E-state index contributed by atoms with van der Waals surface area (Å²) in [6, 6.07) is 0. The van der Waals surface area contributed by atoms with Crippen LogP contribution in [-0.4, -0.2) is 27.5 Å². The summed E-state index contributed by atoms with van der Waals surface area (Å²) in [5.74, 6) is -6.76. The molecule has 0 spiro atoms. The van der Waals surface area contributed by atoms with Gasteiger partial charge in [0, 0.05) is 0 Å². The first-order chi connectivity index (χ1) is 7.46. The van der Waals surface area contributed by atoms with Crippen LogP contribution in [0.1, 0.15) is 0 Å². The van der Waals surface area contributed by atoms with E-state index in [-0.39, 0.29) is 22.6 Å². The molecule has 0 aromatic heterocycles. The molecule has 0 aliphatic rings. The number of alkyl halides is 12. The van der Waals surface area contributed by atoms with E-state index in [2.05, 4.69) is 11.6 Å². The molecule has 1 nitrogen and oxygen atoms in total. The van der Waals surface area contributed by atoms with E-state index in [1.54, 1.807) is 0 Å². The second-order valence-electron chi connectivity index (χ2n) is 2.71. The Morgan fingerprint density at radius 2 is 1.00 bits per heavy atom. The minimum atomic E-state index is -6.91. The minimum absolute atomic E-state index is 0.0619. The van der Waals surface area contributed by atoms with E-state index in [1.807, 2.05) is 4.74 Å². The third kappa shape index (κ3) is 3.43. The highest BCUT2D eigenvalue weighted by molar-refractivity contribution is 14.1. The molecular weight excluding hydrogens is 428 g/mol. The van der Waals surface area contributed by atoms with Crippen molar-refractivity contribution in [3.63, 3.8) is 0 Å². The number of hydrogen-bond donors (Lipinski definition) is 0. The van der Waals surface area contributed by atoms with Gasteiger partial charge in [-0.2, -0.15) is 39.5 Å². The van der Waals surface area contributed by atoms with Gasteiger partial charge >= 0.3 is 27.5 Å². The van der Waals surface area contributed by atoms with Crippen LogP contribution in [0.5, 0.6) is 0 Å². The van der Waals surface area contributed by atoms with Crippen LogP contribution in [0.4, 0.5) is 43.9 Å². The molecule has 0 aromatic carbocycles. The lowest BCUT2D eigenvalue weighted by atomic mass is 10.3. The van der Waals surface area contributed by atoms with Gasteiger partial charge in [-0.25, -0.2) is 4.39 Å². The van der Waals surface area contributed by atoms with Crippen molar-refractivity contribution in [3.8, 4) is 0 Å². The Labute approximate surface area is 111 Å². The first kappa shape index (κ1) is 18.3. The van der Waals surface area contributed by atoms with Crippen molar-refractivity contribution in [3.05, 3.63) is 0 Å². The van der Waals surface area contributed by atoms with Crippen molar-refractivity contribution in [1.82, 2.24) is 0 Å². The van der Waals surface area contributed by atoms with E-state index in [4.69, 9.17) is 0 Å². The monoisotopic (exact) mass is 428 g/mol. The van der Waals surface area contributed by atoms with Gasteiger partial charge in [0.05, 0.1) is 0 Å². The number of hydrogen-bond acceptors (Lipinski definition) is 1. The van der Waals surface area contributed by atoms with E-state index in [0.717, 1.165) is 0 Å². The standard InChI is InChI=1S/C5ClF10IO/c6-2(8,17)5(15,16)18-1(7,3(9,10)11)4(12,13)14/t2-/m1/s1. The van der Waals surface area contributed by atoms with Crippen molar-refractivity contribution in [1.29, 1.82) is 0 Å². The topological polar surface area (TPSA) is 9.23 Å². The first-order valence-corrected chi connectivity index (χ1v) is 4.88. The van der Waals surface area contributed by atoms with E-state index in [1.165, 1.54) is 0 Å². The molecule has 0 bridgehead atoms. The van der Waals surface area contributed by atoms with Crippen molar-refractivity contribution in [2.24, 2.45) is 0 Å². The summed E-state index contributed by atoms with van der Waals surface area (Å²) in [5.41, 5.74) is 0. The Bertz CT molecular complexity index is 289. The van der Waals surface area contributed by atoms with Gasteiger partial charge < -0.3 is 0 Å². The van der Waals surface area contributed by atoms with Crippen LogP contribution < -0.4 is 0 Å². The molecule has 0 aliphatic heterocycles. The first-order valence-electron chi connectivity index (χ1n) is 3.43. The lowest BCUT2D eigenvalue weighted by Crippen LogP contribution is -2.60. The molecule has 0 fully saturated rings. The average molecular weight is 428 g/mol. The second kappa shape index (κ2) is 4.68. The molecule has 13 heteroatoms. The molecule has 0 saturated carbocycles. The van der Waals surface area contributed by atoms with E-state index < -0.39 is 27.5 Å². The highest BCUT2D eigenvalue weighted by atomic mass is 127. The molecule has 0 unspecified atom stereocenters. The fourth-order valence-corrected chi connectivity index (χ4v) is 0.660. The molecule has 0 heterocycles. The smallest absolute Gasteiger partial charge is 0.263 e. The fraction of sp³-hybridized carbons (Fsp3) is 1.00. The molecule has 0 aliphatic carbocycles. The second-order valence-corrected chi connectivity index (χ2v) is 5.35. The van der Waals surface area contributed by atoms with Gasteiger partial charge in [-0.15, -0.1) is 0 Å². The van der Waals surface area contributed by atoms with Crippen LogP contribution in [0.2, 0.25) is 0 Å². The normalized spacial score (nSPS) is 18.7. The maximum atomic E-state index is 12.7. The third-order valence-electron chi connectivity index (χ3n) is 1.33. The van der Waals surface area contributed by atoms with Crippen LogP contribution in [-0.2, 0) is 4.74 Å². The minimum Gasteiger partial charge on any atom is -0.263 e. The molecule has 0 aromatic rings. The van der Waals surface area contributed by atoms with Gasteiger partial charge in [0.2, 0.25) is 0 Å². The van der Waals surface area contributed by atoms with Crippen molar-refractivity contribution < 1.29 is 48.6 Å². The largest absolute Gasteiger partial charge is 0.458 e. The predicted molar refractivity (Wildman–Crippen MR) is 45.7 cm³/mol. The van der Waals surface area contributed by atoms with Crippen LogP contribution in [0.3, 0.4) is 0 Å². The Morgan fingerprint density at radius 3 is 1.17 bits per heavy atom. The van der Waals surface area contributed by atoms with E-state index in [9.17, 15) is 43.9 Å². The molecule has 0 N–H and O–H groups in total. The predicted octanol–water partition coefficient (Wildman–Crippen LogP) is 4.68. The molecule has 0 radical (unpaired) electrons. The molecule has 0 rings (SSSR count). The molecule has 110 valence electrons. The molecule has 0 saturated heterocycles. The van der Waals surface area contributed by atoms with Gasteiger partial charge in [-0.05, 0) is 22.6 Å². The summed E-state index contributed by atoms with van der Waals surface area (Å²) in [4.78, 5) is 0. The molecule has 0 amide bonds. The lowest BCUT2D eigenvalue weighted by Gasteiger charge is -2.34. The number of halogens is 12. The summed E-state index contributed by atoms with van der Waals surface area (Å²) in [6.45, 7) is 0. The third-order valence-corrected chi connectivity index (χ3v) is 2.18. The Hall–Kier alpha value is 0.280. The Balaban J connectivity index is 5.58. The van der Waals surface area contributed by atoms with Gasteiger partial charge in [-0.1, -0.05) is 11.6 Å².